The van der Waals surface area contributed by atoms with Gasteiger partial charge >= 0.3 is 11.8 Å². The smallest absolute Gasteiger partial charge is 0.313 e. The maximum Gasteiger partial charge on any atom is 0.313 e. The minimum atomic E-state index is -0.888. The van der Waals surface area contributed by atoms with E-state index < -0.39 is 17.9 Å². The molecule has 3 aromatic rings. The molecular formula is C19H16N2O5S2. The van der Waals surface area contributed by atoms with E-state index in [-0.39, 0.29) is 13.3 Å². The van der Waals surface area contributed by atoms with E-state index >= 15 is 0 Å². The molecule has 0 aliphatic carbocycles. The van der Waals surface area contributed by atoms with E-state index in [2.05, 4.69) is 10.6 Å². The van der Waals surface area contributed by atoms with E-state index in [9.17, 15) is 14.7 Å². The molecule has 0 saturated carbocycles. The highest BCUT2D eigenvalue weighted by atomic mass is 32.1. The van der Waals surface area contributed by atoms with Crippen LogP contribution in [0.1, 0.15) is 11.0 Å². The molecule has 0 spiro atoms. The Morgan fingerprint density at radius 3 is 2.75 bits per heavy atom. The normalized spacial score (nSPS) is 13.2. The average Bonchev–Trinajstić information content (AvgIpc) is 3.45. The molecule has 1 aliphatic rings. The summed E-state index contributed by atoms with van der Waals surface area (Å²) in [5, 5.41) is 17.2. The number of aliphatic hydroxyl groups excluding tert-OH is 1. The molecule has 1 aliphatic heterocycles. The molecule has 9 heteroatoms. The molecule has 0 fully saturated rings. The van der Waals surface area contributed by atoms with Gasteiger partial charge in [0.15, 0.2) is 11.5 Å². The number of amides is 2. The van der Waals surface area contributed by atoms with Crippen LogP contribution in [-0.2, 0) is 9.59 Å². The summed E-state index contributed by atoms with van der Waals surface area (Å²) in [6.07, 6.45) is -0.888. The maximum absolute atomic E-state index is 12.0. The maximum atomic E-state index is 12.0. The zero-order valence-corrected chi connectivity index (χ0v) is 16.1. The lowest BCUT2D eigenvalue weighted by atomic mass is 10.2. The number of rotatable bonds is 5. The molecule has 28 heavy (non-hydrogen) atoms. The zero-order valence-electron chi connectivity index (χ0n) is 14.5. The number of ether oxygens (including phenoxy) is 2. The number of thiophene rings is 2. The van der Waals surface area contributed by atoms with Crippen molar-refractivity contribution in [2.75, 3.05) is 18.7 Å². The van der Waals surface area contributed by atoms with Crippen LogP contribution in [0, 0.1) is 0 Å². The molecule has 2 aromatic heterocycles. The third-order valence-corrected chi connectivity index (χ3v) is 6.26. The number of carbonyl (C=O) groups excluding carboxylic acids is 2. The molecule has 0 radical (unpaired) electrons. The fraction of sp³-hybridized carbons (Fsp3) is 0.158. The molecule has 4 rings (SSSR count). The van der Waals surface area contributed by atoms with Crippen molar-refractivity contribution < 1.29 is 24.2 Å². The highest BCUT2D eigenvalue weighted by Crippen LogP contribution is 2.35. The molecule has 0 unspecified atom stereocenters. The Morgan fingerprint density at radius 2 is 1.93 bits per heavy atom. The van der Waals surface area contributed by atoms with Gasteiger partial charge in [0.1, 0.15) is 6.10 Å². The predicted octanol–water partition coefficient (Wildman–Crippen LogP) is 2.99. The first-order chi connectivity index (χ1) is 13.6. The summed E-state index contributed by atoms with van der Waals surface area (Å²) in [6.45, 7) is 0.0693. The molecule has 0 saturated heterocycles. The molecule has 1 aromatic carbocycles. The van der Waals surface area contributed by atoms with Gasteiger partial charge in [-0.1, -0.05) is 6.07 Å². The Hall–Kier alpha value is -2.88. The molecule has 2 amide bonds. The third-order valence-electron chi connectivity index (χ3n) is 4.01. The van der Waals surface area contributed by atoms with Gasteiger partial charge < -0.3 is 25.2 Å². The summed E-state index contributed by atoms with van der Waals surface area (Å²) in [4.78, 5) is 27.0. The summed E-state index contributed by atoms with van der Waals surface area (Å²) in [6, 6.07) is 12.6. The van der Waals surface area contributed by atoms with Crippen LogP contribution in [0.2, 0.25) is 0 Å². The molecule has 7 nitrogen and oxygen atoms in total. The average molecular weight is 416 g/mol. The Bertz CT molecular complexity index is 1000. The van der Waals surface area contributed by atoms with Crippen molar-refractivity contribution in [2.24, 2.45) is 0 Å². The van der Waals surface area contributed by atoms with Crippen LogP contribution >= 0.6 is 22.7 Å². The van der Waals surface area contributed by atoms with Crippen LogP contribution in [0.25, 0.3) is 9.75 Å². The second-order valence-electron chi connectivity index (χ2n) is 5.93. The van der Waals surface area contributed by atoms with E-state index in [1.54, 1.807) is 29.5 Å². The van der Waals surface area contributed by atoms with E-state index in [4.69, 9.17) is 9.47 Å². The summed E-state index contributed by atoms with van der Waals surface area (Å²) in [7, 11) is 0. The van der Waals surface area contributed by atoms with E-state index in [0.29, 0.717) is 17.2 Å². The SMILES string of the molecule is O=C(NC[C@@H](O)c1ccc(-c2cccs2)s1)C(=O)Nc1ccc2c(c1)OCO2. The quantitative estimate of drug-likeness (QED) is 0.556. The number of fused-ring (bicyclic) bond motifs is 1. The lowest BCUT2D eigenvalue weighted by Gasteiger charge is -2.10. The Labute approximate surface area is 168 Å². The number of carbonyl (C=O) groups is 2. The van der Waals surface area contributed by atoms with Crippen molar-refractivity contribution in [1.82, 2.24) is 5.32 Å². The molecule has 144 valence electrons. The minimum Gasteiger partial charge on any atom is -0.454 e. The standard InChI is InChI=1S/C19H16N2O5S2/c22-12(15-5-6-17(28-15)16-2-1-7-27-16)9-20-18(23)19(24)21-11-3-4-13-14(8-11)26-10-25-13/h1-8,12,22H,9-10H2,(H,20,23)(H,21,24)/t12-/m1/s1. The molecule has 1 atom stereocenters. The van der Waals surface area contributed by atoms with Crippen molar-refractivity contribution >= 4 is 40.2 Å². The van der Waals surface area contributed by atoms with Crippen LogP contribution in [0.4, 0.5) is 5.69 Å². The predicted molar refractivity (Wildman–Crippen MR) is 107 cm³/mol. The van der Waals surface area contributed by atoms with Crippen LogP contribution < -0.4 is 20.1 Å². The van der Waals surface area contributed by atoms with Gasteiger partial charge in [-0.3, -0.25) is 9.59 Å². The van der Waals surface area contributed by atoms with Crippen molar-refractivity contribution in [1.29, 1.82) is 0 Å². The van der Waals surface area contributed by atoms with Gasteiger partial charge in [-0.2, -0.15) is 0 Å². The Kier molecular flexibility index (Phi) is 5.29. The summed E-state index contributed by atoms with van der Waals surface area (Å²) in [5.74, 6) is -0.556. The molecule has 0 bridgehead atoms. The van der Waals surface area contributed by atoms with E-state index in [0.717, 1.165) is 14.6 Å². The first-order valence-electron chi connectivity index (χ1n) is 8.40. The van der Waals surface area contributed by atoms with Crippen LogP contribution in [-0.4, -0.2) is 30.3 Å². The topological polar surface area (TPSA) is 96.9 Å². The van der Waals surface area contributed by atoms with Gasteiger partial charge in [-0.25, -0.2) is 0 Å². The number of benzene rings is 1. The summed E-state index contributed by atoms with van der Waals surface area (Å²) in [5.41, 5.74) is 0.420. The fourth-order valence-corrected chi connectivity index (χ4v) is 4.44. The molecule has 3 N–H and O–H groups in total. The minimum absolute atomic E-state index is 0.0578. The Morgan fingerprint density at radius 1 is 1.07 bits per heavy atom. The highest BCUT2D eigenvalue weighted by Gasteiger charge is 2.19. The lowest BCUT2D eigenvalue weighted by molar-refractivity contribution is -0.136. The summed E-state index contributed by atoms with van der Waals surface area (Å²) >= 11 is 3.08. The van der Waals surface area contributed by atoms with Crippen molar-refractivity contribution in [3.63, 3.8) is 0 Å². The number of aliphatic hydroxyl groups is 1. The summed E-state index contributed by atoms with van der Waals surface area (Å²) < 4.78 is 10.4. The van der Waals surface area contributed by atoms with Gasteiger partial charge in [0.25, 0.3) is 0 Å². The van der Waals surface area contributed by atoms with Crippen LogP contribution in [0.15, 0.2) is 47.8 Å². The van der Waals surface area contributed by atoms with E-state index in [1.165, 1.54) is 11.3 Å². The van der Waals surface area contributed by atoms with Crippen LogP contribution in [0.3, 0.4) is 0 Å². The van der Waals surface area contributed by atoms with E-state index in [1.807, 2.05) is 29.6 Å². The second-order valence-corrected chi connectivity index (χ2v) is 7.99. The van der Waals surface area contributed by atoms with Gasteiger partial charge in [0.05, 0.1) is 0 Å². The largest absolute Gasteiger partial charge is 0.454 e. The van der Waals surface area contributed by atoms with Gasteiger partial charge in [-0.15, -0.1) is 22.7 Å². The van der Waals surface area contributed by atoms with Crippen molar-refractivity contribution in [2.45, 2.75) is 6.10 Å². The van der Waals surface area contributed by atoms with Gasteiger partial charge in [0, 0.05) is 32.9 Å². The molecule has 3 heterocycles. The second kappa shape index (κ2) is 8.01. The van der Waals surface area contributed by atoms with Crippen molar-refractivity contribution in [3.05, 3.63) is 52.7 Å². The monoisotopic (exact) mass is 416 g/mol. The van der Waals surface area contributed by atoms with Crippen molar-refractivity contribution in [3.8, 4) is 21.3 Å². The highest BCUT2D eigenvalue weighted by molar-refractivity contribution is 7.21. The lowest BCUT2D eigenvalue weighted by Crippen LogP contribution is -2.37. The Balaban J connectivity index is 1.30. The number of hydrogen-bond donors (Lipinski definition) is 3. The first kappa shape index (κ1) is 18.5. The first-order valence-corrected chi connectivity index (χ1v) is 10.1. The number of nitrogens with one attached hydrogen (secondary N) is 2. The number of anilines is 1. The number of hydrogen-bond acceptors (Lipinski definition) is 7. The van der Waals surface area contributed by atoms with Crippen LogP contribution in [0.5, 0.6) is 11.5 Å². The van der Waals surface area contributed by atoms with Gasteiger partial charge in [-0.05, 0) is 35.7 Å². The fourth-order valence-electron chi connectivity index (χ4n) is 2.62. The zero-order chi connectivity index (χ0) is 19.5. The van der Waals surface area contributed by atoms with Gasteiger partial charge in [0.2, 0.25) is 6.79 Å². The molecular weight excluding hydrogens is 400 g/mol. The third kappa shape index (κ3) is 4.01.